The average Bonchev–Trinajstić information content (AvgIpc) is 3.45. The Bertz CT molecular complexity index is 622. The molecule has 150 valence electrons. The Balaban J connectivity index is 0.00000261. The van der Waals surface area contributed by atoms with Gasteiger partial charge in [-0.25, -0.2) is 0 Å². The van der Waals surface area contributed by atoms with Crippen LogP contribution in [0.4, 0.5) is 0 Å². The number of hydrogen-bond acceptors (Lipinski definition) is 5. The molecule has 2 fully saturated rings. The van der Waals surface area contributed by atoms with Gasteiger partial charge in [-0.2, -0.15) is 0 Å². The fourth-order valence-corrected chi connectivity index (χ4v) is 2.87. The van der Waals surface area contributed by atoms with Crippen molar-refractivity contribution >= 4 is 24.2 Å². The lowest BCUT2D eigenvalue weighted by atomic mass is 10.1. The molecule has 1 aromatic carbocycles. The molecule has 27 heavy (non-hydrogen) atoms. The number of carbonyl (C=O) groups is 2. The third kappa shape index (κ3) is 7.01. The summed E-state index contributed by atoms with van der Waals surface area (Å²) in [5.41, 5.74) is 1.10. The Kier molecular flexibility index (Phi) is 8.34. The van der Waals surface area contributed by atoms with Crippen LogP contribution in [0.25, 0.3) is 0 Å². The van der Waals surface area contributed by atoms with Crippen LogP contribution in [-0.4, -0.2) is 56.3 Å². The number of hydrogen-bond donors (Lipinski definition) is 3. The highest BCUT2D eigenvalue weighted by molar-refractivity contribution is 5.85. The van der Waals surface area contributed by atoms with Crippen LogP contribution in [0.2, 0.25) is 0 Å². The smallest absolute Gasteiger partial charge is 0.258 e. The summed E-state index contributed by atoms with van der Waals surface area (Å²) >= 11 is 0. The zero-order valence-corrected chi connectivity index (χ0v) is 16.3. The summed E-state index contributed by atoms with van der Waals surface area (Å²) in [6, 6.07) is 7.65. The van der Waals surface area contributed by atoms with E-state index in [0.717, 1.165) is 24.8 Å². The van der Waals surface area contributed by atoms with Crippen molar-refractivity contribution in [1.29, 1.82) is 0 Å². The lowest BCUT2D eigenvalue weighted by Crippen LogP contribution is -2.55. The number of nitrogens with one attached hydrogen (secondary N) is 3. The van der Waals surface area contributed by atoms with Gasteiger partial charge in [0.05, 0.1) is 12.7 Å². The van der Waals surface area contributed by atoms with E-state index in [4.69, 9.17) is 9.47 Å². The van der Waals surface area contributed by atoms with Crippen molar-refractivity contribution in [3.8, 4) is 5.75 Å². The zero-order valence-electron chi connectivity index (χ0n) is 15.5. The Morgan fingerprint density at radius 1 is 1.26 bits per heavy atom. The first-order valence-electron chi connectivity index (χ1n) is 9.25. The van der Waals surface area contributed by atoms with Crippen LogP contribution in [0, 0.1) is 0 Å². The maximum absolute atomic E-state index is 12.2. The maximum Gasteiger partial charge on any atom is 0.258 e. The molecular formula is C19H28ClN3O4. The van der Waals surface area contributed by atoms with Crippen LogP contribution in [0.3, 0.4) is 0 Å². The number of carbonyl (C=O) groups excluding carboxylic acids is 2. The van der Waals surface area contributed by atoms with Crippen LogP contribution in [0.5, 0.6) is 5.75 Å². The number of morpholine rings is 1. The predicted molar refractivity (Wildman–Crippen MR) is 104 cm³/mol. The molecule has 8 heteroatoms. The molecule has 0 aromatic heterocycles. The van der Waals surface area contributed by atoms with Crippen molar-refractivity contribution in [2.24, 2.45) is 0 Å². The Morgan fingerprint density at radius 3 is 2.67 bits per heavy atom. The highest BCUT2D eigenvalue weighted by Crippen LogP contribution is 2.18. The van der Waals surface area contributed by atoms with Crippen LogP contribution in [0.15, 0.2) is 24.3 Å². The van der Waals surface area contributed by atoms with Gasteiger partial charge in [-0.1, -0.05) is 12.1 Å². The number of ether oxygens (including phenoxy) is 2. The van der Waals surface area contributed by atoms with Gasteiger partial charge in [0, 0.05) is 19.1 Å². The molecule has 1 heterocycles. The summed E-state index contributed by atoms with van der Waals surface area (Å²) in [6.07, 6.45) is 2.76. The van der Waals surface area contributed by atoms with E-state index >= 15 is 0 Å². The van der Waals surface area contributed by atoms with E-state index in [0.29, 0.717) is 31.5 Å². The van der Waals surface area contributed by atoms with E-state index in [1.807, 2.05) is 31.2 Å². The second-order valence-corrected chi connectivity index (χ2v) is 6.82. The molecule has 2 aliphatic rings. The molecule has 0 bridgehead atoms. The predicted octanol–water partition coefficient (Wildman–Crippen LogP) is 0.801. The van der Waals surface area contributed by atoms with E-state index in [9.17, 15) is 9.59 Å². The molecule has 3 rings (SSSR count). The van der Waals surface area contributed by atoms with Gasteiger partial charge in [-0.05, 0) is 43.9 Å². The number of amides is 2. The molecule has 0 radical (unpaired) electrons. The van der Waals surface area contributed by atoms with Crippen LogP contribution in [-0.2, 0) is 20.7 Å². The van der Waals surface area contributed by atoms with Gasteiger partial charge in [-0.15, -0.1) is 12.4 Å². The fraction of sp³-hybridized carbons (Fsp3) is 0.579. The molecule has 0 unspecified atom stereocenters. The molecule has 1 saturated heterocycles. The summed E-state index contributed by atoms with van der Waals surface area (Å²) in [6.45, 7) is 3.85. The average molecular weight is 398 g/mol. The van der Waals surface area contributed by atoms with Gasteiger partial charge in [0.15, 0.2) is 6.61 Å². The molecule has 1 aliphatic carbocycles. The first-order valence-corrected chi connectivity index (χ1v) is 9.25. The minimum Gasteiger partial charge on any atom is -0.484 e. The number of benzene rings is 1. The van der Waals surface area contributed by atoms with E-state index in [1.54, 1.807) is 0 Å². The largest absolute Gasteiger partial charge is 0.484 e. The third-order valence-electron chi connectivity index (χ3n) is 4.55. The van der Waals surface area contributed by atoms with Crippen molar-refractivity contribution < 1.29 is 19.1 Å². The van der Waals surface area contributed by atoms with Crippen LogP contribution < -0.4 is 20.7 Å². The van der Waals surface area contributed by atoms with Gasteiger partial charge in [0.25, 0.3) is 5.91 Å². The summed E-state index contributed by atoms with van der Waals surface area (Å²) < 4.78 is 11.0. The zero-order chi connectivity index (χ0) is 18.4. The molecule has 0 spiro atoms. The van der Waals surface area contributed by atoms with Gasteiger partial charge in [0.1, 0.15) is 11.8 Å². The Morgan fingerprint density at radius 2 is 2.00 bits per heavy atom. The SMILES string of the molecule is C[C@H]1OCCN[C@@H]1C(=O)NCCc1ccc(OCC(=O)NC2CC2)cc1.Cl. The van der Waals surface area contributed by atoms with Crippen molar-refractivity contribution in [2.45, 2.75) is 44.4 Å². The normalized spacial score (nSPS) is 21.7. The topological polar surface area (TPSA) is 88.7 Å². The van der Waals surface area contributed by atoms with Gasteiger partial charge in [0.2, 0.25) is 5.91 Å². The molecule has 2 atom stereocenters. The first kappa shape index (κ1) is 21.5. The molecule has 3 N–H and O–H groups in total. The summed E-state index contributed by atoms with van der Waals surface area (Å²) in [4.78, 5) is 23.8. The van der Waals surface area contributed by atoms with E-state index in [2.05, 4.69) is 16.0 Å². The molecular weight excluding hydrogens is 370 g/mol. The van der Waals surface area contributed by atoms with Crippen LogP contribution >= 0.6 is 12.4 Å². The van der Waals surface area contributed by atoms with Gasteiger partial charge < -0.3 is 25.4 Å². The third-order valence-corrected chi connectivity index (χ3v) is 4.55. The summed E-state index contributed by atoms with van der Waals surface area (Å²) in [7, 11) is 0. The molecule has 7 nitrogen and oxygen atoms in total. The number of halogens is 1. The molecule has 1 aromatic rings. The second kappa shape index (κ2) is 10.5. The maximum atomic E-state index is 12.2. The Labute approximate surface area is 166 Å². The Hall–Kier alpha value is -1.83. The summed E-state index contributed by atoms with van der Waals surface area (Å²) in [5, 5.41) is 9.01. The van der Waals surface area contributed by atoms with Crippen LogP contribution in [0.1, 0.15) is 25.3 Å². The van der Waals surface area contributed by atoms with Crippen molar-refractivity contribution in [3.63, 3.8) is 0 Å². The van der Waals surface area contributed by atoms with Crippen molar-refractivity contribution in [1.82, 2.24) is 16.0 Å². The van der Waals surface area contributed by atoms with E-state index < -0.39 is 0 Å². The first-order chi connectivity index (χ1) is 12.6. The standard InChI is InChI=1S/C19H27N3O4.ClH/c1-13-18(20-10-11-25-13)19(24)21-9-8-14-2-6-16(7-3-14)26-12-17(23)22-15-4-5-15;/h2-3,6-7,13,15,18,20H,4-5,8-12H2,1H3,(H,21,24)(H,22,23);1H/t13-,18+;/m1./s1. The minimum atomic E-state index is -0.290. The van der Waals surface area contributed by atoms with Crippen molar-refractivity contribution in [3.05, 3.63) is 29.8 Å². The summed E-state index contributed by atoms with van der Waals surface area (Å²) in [5.74, 6) is 0.564. The number of rotatable bonds is 8. The highest BCUT2D eigenvalue weighted by atomic mass is 35.5. The second-order valence-electron chi connectivity index (χ2n) is 6.82. The van der Waals surface area contributed by atoms with Crippen molar-refractivity contribution in [2.75, 3.05) is 26.3 Å². The molecule has 1 saturated carbocycles. The highest BCUT2D eigenvalue weighted by Gasteiger charge is 2.27. The quantitative estimate of drug-likeness (QED) is 0.604. The fourth-order valence-electron chi connectivity index (χ4n) is 2.87. The van der Waals surface area contributed by atoms with E-state index in [-0.39, 0.29) is 43.0 Å². The molecule has 2 amide bonds. The lowest BCUT2D eigenvalue weighted by molar-refractivity contribution is -0.129. The minimum absolute atomic E-state index is 0. The monoisotopic (exact) mass is 397 g/mol. The molecule has 1 aliphatic heterocycles. The van der Waals surface area contributed by atoms with E-state index in [1.165, 1.54) is 0 Å². The van der Waals surface area contributed by atoms with Gasteiger partial charge >= 0.3 is 0 Å². The van der Waals surface area contributed by atoms with Gasteiger partial charge in [-0.3, -0.25) is 9.59 Å². The lowest BCUT2D eigenvalue weighted by Gasteiger charge is -2.29.